The Labute approximate surface area is 248 Å². The molecule has 5 aliphatic rings. The predicted octanol–water partition coefficient (Wildman–Crippen LogP) is 6.08. The maximum Gasteiger partial charge on any atom is 0.129 e. The Morgan fingerprint density at radius 2 is 1.75 bits per heavy atom. The van der Waals surface area contributed by atoms with E-state index in [0.717, 1.165) is 54.8 Å². The Balaban J connectivity index is 1.17. The van der Waals surface area contributed by atoms with Gasteiger partial charge in [-0.25, -0.2) is 9.78 Å². The minimum absolute atomic E-state index is 0.0170. The van der Waals surface area contributed by atoms with Crippen LogP contribution in [-0.4, -0.2) is 57.9 Å². The lowest BCUT2D eigenvalue weighted by Gasteiger charge is -2.58. The van der Waals surface area contributed by atoms with Crippen molar-refractivity contribution in [2.24, 2.45) is 46.3 Å². The molecule has 0 bridgehead atoms. The summed E-state index contributed by atoms with van der Waals surface area (Å²) in [5, 5.41) is 30.1. The van der Waals surface area contributed by atoms with Gasteiger partial charge < -0.3 is 20.1 Å². The smallest absolute Gasteiger partial charge is 0.129 e. The highest BCUT2D eigenvalue weighted by Gasteiger charge is 2.59. The lowest BCUT2D eigenvalue weighted by Crippen LogP contribution is -2.57. The highest BCUT2D eigenvalue weighted by Crippen LogP contribution is 2.67. The van der Waals surface area contributed by atoms with Crippen LogP contribution in [0.2, 0.25) is 0 Å². The largest absolute Gasteiger partial charge is 0.387 e. The van der Waals surface area contributed by atoms with Gasteiger partial charge in [-0.3, -0.25) is 0 Å². The van der Waals surface area contributed by atoms with Gasteiger partial charge in [0.25, 0.3) is 0 Å². The molecule has 2 unspecified atom stereocenters. The molecular weight excluding hydrogens is 524 g/mol. The molecule has 0 aromatic carbocycles. The second kappa shape index (κ2) is 12.5. The summed E-state index contributed by atoms with van der Waals surface area (Å²) < 4.78 is 5.51. The number of fused-ring (bicyclic) bond motifs is 5. The van der Waals surface area contributed by atoms with Crippen molar-refractivity contribution in [1.82, 2.24) is 0 Å². The van der Waals surface area contributed by atoms with E-state index >= 15 is 0 Å². The van der Waals surface area contributed by atoms with Crippen molar-refractivity contribution in [2.45, 2.75) is 141 Å². The molecule has 40 heavy (non-hydrogen) atoms. The molecule has 1 heterocycles. The van der Waals surface area contributed by atoms with Crippen LogP contribution in [0.3, 0.4) is 0 Å². The third kappa shape index (κ3) is 5.84. The quantitative estimate of drug-likeness (QED) is 0.114. The average Bonchev–Trinajstić information content (AvgIpc) is 3.27. The molecule has 7 heteroatoms. The van der Waals surface area contributed by atoms with Gasteiger partial charge in [0.15, 0.2) is 0 Å². The van der Waals surface area contributed by atoms with E-state index in [2.05, 4.69) is 53.3 Å². The topological polar surface area (TPSA) is 88.4 Å². The van der Waals surface area contributed by atoms with Crippen LogP contribution in [0.4, 0.5) is 0 Å². The summed E-state index contributed by atoms with van der Waals surface area (Å²) in [6, 6.07) is 0. The van der Waals surface area contributed by atoms with Crippen molar-refractivity contribution in [3.8, 4) is 0 Å². The van der Waals surface area contributed by atoms with E-state index in [9.17, 15) is 15.3 Å². The zero-order chi connectivity index (χ0) is 28.8. The molecule has 0 aromatic rings. The van der Waals surface area contributed by atoms with Crippen molar-refractivity contribution in [3.63, 3.8) is 0 Å². The normalized spacial score (nSPS) is 47.8. The van der Waals surface area contributed by atoms with Gasteiger partial charge in [0.05, 0.1) is 6.10 Å². The zero-order valence-electron chi connectivity index (χ0n) is 25.5. The fraction of sp³-hybridized carbons (Fsp3) is 0.939. The van der Waals surface area contributed by atoms with E-state index in [-0.39, 0.29) is 18.1 Å². The van der Waals surface area contributed by atoms with E-state index in [1.54, 1.807) is 5.57 Å². The van der Waals surface area contributed by atoms with E-state index in [4.69, 9.17) is 14.5 Å². The molecular formula is C33H56O6S. The van der Waals surface area contributed by atoms with Crippen LogP contribution in [0, 0.1) is 46.3 Å². The monoisotopic (exact) mass is 580 g/mol. The van der Waals surface area contributed by atoms with E-state index < -0.39 is 29.9 Å². The molecule has 1 saturated heterocycles. The van der Waals surface area contributed by atoms with Gasteiger partial charge in [0.1, 0.15) is 36.5 Å². The van der Waals surface area contributed by atoms with Gasteiger partial charge in [0.2, 0.25) is 0 Å². The van der Waals surface area contributed by atoms with Crippen LogP contribution >= 0.6 is 12.6 Å². The molecule has 0 radical (unpaired) electrons. The molecule has 0 aromatic heterocycles. The first-order valence-electron chi connectivity index (χ1n) is 16.3. The third-order valence-corrected chi connectivity index (χ3v) is 12.8. The standard InChI is InChI=1S/C33H56O6S/c1-19(2)7-6-8-20(3)24-11-12-25-23-10-9-21-17-22(13-15-32(21,4)26(23)14-16-33(24,25)5)39-37-18-27-28(34)29(35)30(36)31(40)38-27/h9,19-20,22-31,34-36,40H,6-8,10-18H2,1-5H3/t20-,22?,23+,24-,25+,26+,27-,28+,29+,30-,31?,32+,33-/m1/s1. The van der Waals surface area contributed by atoms with E-state index in [1.165, 1.54) is 51.4 Å². The maximum atomic E-state index is 10.2. The molecule has 4 aliphatic carbocycles. The third-order valence-electron chi connectivity index (χ3n) is 12.4. The number of hydrogen-bond acceptors (Lipinski definition) is 7. The Morgan fingerprint density at radius 1 is 0.975 bits per heavy atom. The lowest BCUT2D eigenvalue weighted by atomic mass is 9.47. The minimum Gasteiger partial charge on any atom is -0.387 e. The number of thiol groups is 1. The summed E-state index contributed by atoms with van der Waals surface area (Å²) in [6.07, 6.45) is 11.9. The minimum atomic E-state index is -1.32. The van der Waals surface area contributed by atoms with Gasteiger partial charge in [-0.05, 0) is 97.7 Å². The lowest BCUT2D eigenvalue weighted by molar-refractivity contribution is -0.349. The van der Waals surface area contributed by atoms with Gasteiger partial charge in [0, 0.05) is 0 Å². The second-order valence-electron chi connectivity index (χ2n) is 15.1. The van der Waals surface area contributed by atoms with Crippen molar-refractivity contribution >= 4 is 12.6 Å². The molecule has 13 atom stereocenters. The van der Waals surface area contributed by atoms with E-state index in [0.29, 0.717) is 5.41 Å². The number of ether oxygens (including phenoxy) is 1. The number of aliphatic hydroxyl groups excluding tert-OH is 3. The van der Waals surface area contributed by atoms with E-state index in [1.807, 2.05) is 0 Å². The number of aliphatic hydroxyl groups is 3. The van der Waals surface area contributed by atoms with Crippen LogP contribution < -0.4 is 0 Å². The van der Waals surface area contributed by atoms with Crippen LogP contribution in [0.5, 0.6) is 0 Å². The Morgan fingerprint density at radius 3 is 2.50 bits per heavy atom. The first-order valence-corrected chi connectivity index (χ1v) is 16.8. The maximum absolute atomic E-state index is 10.2. The highest BCUT2D eigenvalue weighted by atomic mass is 32.1. The summed E-state index contributed by atoms with van der Waals surface area (Å²) in [5.74, 6) is 4.99. The van der Waals surface area contributed by atoms with Crippen LogP contribution in [0.1, 0.15) is 105 Å². The second-order valence-corrected chi connectivity index (χ2v) is 15.6. The first kappa shape index (κ1) is 31.3. The van der Waals surface area contributed by atoms with Crippen molar-refractivity contribution in [1.29, 1.82) is 0 Å². The summed E-state index contributed by atoms with van der Waals surface area (Å²) in [7, 11) is 0. The van der Waals surface area contributed by atoms with Crippen LogP contribution in [-0.2, 0) is 14.5 Å². The van der Waals surface area contributed by atoms with Gasteiger partial charge in [-0.1, -0.05) is 65.5 Å². The molecule has 6 nitrogen and oxygen atoms in total. The fourth-order valence-electron chi connectivity index (χ4n) is 10.0. The molecule has 5 rings (SSSR count). The summed E-state index contributed by atoms with van der Waals surface area (Å²) >= 11 is 4.15. The zero-order valence-corrected chi connectivity index (χ0v) is 26.4. The molecule has 1 aliphatic heterocycles. The Kier molecular flexibility index (Phi) is 9.74. The van der Waals surface area contributed by atoms with Gasteiger partial charge >= 0.3 is 0 Å². The summed E-state index contributed by atoms with van der Waals surface area (Å²) in [5.41, 5.74) is 1.45. The molecule has 0 spiro atoms. The number of rotatable bonds is 9. The summed E-state index contributed by atoms with van der Waals surface area (Å²) in [4.78, 5) is 11.4. The Bertz CT molecular complexity index is 896. The van der Waals surface area contributed by atoms with Gasteiger partial charge in [-0.2, -0.15) is 0 Å². The summed E-state index contributed by atoms with van der Waals surface area (Å²) in [6.45, 7) is 12.4. The molecule has 230 valence electrons. The van der Waals surface area contributed by atoms with Crippen LogP contribution in [0.15, 0.2) is 11.6 Å². The highest BCUT2D eigenvalue weighted by molar-refractivity contribution is 7.80. The first-order chi connectivity index (χ1) is 19.0. The number of allylic oxidation sites excluding steroid dienone is 1. The fourth-order valence-corrected chi connectivity index (χ4v) is 10.3. The predicted molar refractivity (Wildman–Crippen MR) is 160 cm³/mol. The Hall–Kier alpha value is -0.150. The molecule has 0 amide bonds. The molecule has 3 N–H and O–H groups in total. The van der Waals surface area contributed by atoms with Crippen LogP contribution in [0.25, 0.3) is 0 Å². The molecule has 3 saturated carbocycles. The molecule has 4 fully saturated rings. The van der Waals surface area contributed by atoms with Crippen molar-refractivity contribution in [2.75, 3.05) is 6.61 Å². The average molecular weight is 581 g/mol. The van der Waals surface area contributed by atoms with Crippen molar-refractivity contribution in [3.05, 3.63) is 11.6 Å². The van der Waals surface area contributed by atoms with Crippen molar-refractivity contribution < 1.29 is 29.8 Å². The number of hydrogen-bond donors (Lipinski definition) is 4. The SMILES string of the molecule is CC(C)CCC[C@@H](C)[C@H]1CC[C@H]2[C@@H]3CC=C4CC(OOC[C@H]5OC(S)[C@H](O)[C@@H](O)[C@H]5O)CC[C@]4(C)[C@H]3CC[C@]12C. The van der Waals surface area contributed by atoms with Gasteiger partial charge in [-0.15, -0.1) is 12.6 Å².